The van der Waals surface area contributed by atoms with Gasteiger partial charge in [-0.25, -0.2) is 4.79 Å². The van der Waals surface area contributed by atoms with Gasteiger partial charge >= 0.3 is 5.97 Å². The van der Waals surface area contributed by atoms with Gasteiger partial charge in [-0.2, -0.15) is 0 Å². The quantitative estimate of drug-likeness (QED) is 0.547. The number of carbonyl (C=O) groups excluding carboxylic acids is 1. The molecule has 1 aromatic heterocycles. The molecule has 1 amide bonds. The summed E-state index contributed by atoms with van der Waals surface area (Å²) in [5.41, 5.74) is 5.84. The summed E-state index contributed by atoms with van der Waals surface area (Å²) in [5, 5.41) is 10.8. The fourth-order valence-electron chi connectivity index (χ4n) is 6.48. The summed E-state index contributed by atoms with van der Waals surface area (Å²) in [6.45, 7) is 5.58. The highest BCUT2D eigenvalue weighted by atomic mass is 16.5. The van der Waals surface area contributed by atoms with Crippen molar-refractivity contribution in [1.29, 1.82) is 0 Å². The highest BCUT2D eigenvalue weighted by Gasteiger charge is 2.31. The second-order valence-corrected chi connectivity index (χ2v) is 10.6. The fourth-order valence-corrected chi connectivity index (χ4v) is 6.48. The van der Waals surface area contributed by atoms with Crippen LogP contribution in [-0.2, 0) is 22.6 Å². The molecule has 2 aromatic carbocycles. The van der Waals surface area contributed by atoms with Gasteiger partial charge in [-0.05, 0) is 42.0 Å². The van der Waals surface area contributed by atoms with Crippen molar-refractivity contribution in [3.05, 3.63) is 59.2 Å². The Kier molecular flexibility index (Phi) is 6.74. The average molecular weight is 502 g/mol. The Labute approximate surface area is 217 Å². The molecule has 1 saturated carbocycles. The van der Waals surface area contributed by atoms with Gasteiger partial charge in [0.25, 0.3) is 0 Å². The minimum Gasteiger partial charge on any atom is -0.478 e. The molecule has 1 aliphatic carbocycles. The number of aromatic carboxylic acids is 1. The van der Waals surface area contributed by atoms with Crippen LogP contribution in [0.2, 0.25) is 0 Å². The number of carboxylic acids is 1. The molecule has 194 valence electrons. The van der Waals surface area contributed by atoms with E-state index in [0.717, 1.165) is 67.8 Å². The van der Waals surface area contributed by atoms with E-state index >= 15 is 0 Å². The van der Waals surface area contributed by atoms with Crippen LogP contribution in [0.15, 0.2) is 42.5 Å². The van der Waals surface area contributed by atoms with Crippen molar-refractivity contribution in [3.63, 3.8) is 0 Å². The summed E-state index contributed by atoms with van der Waals surface area (Å²) in [6.07, 6.45) is 5.95. The van der Waals surface area contributed by atoms with E-state index in [0.29, 0.717) is 19.0 Å². The predicted molar refractivity (Wildman–Crippen MR) is 143 cm³/mol. The lowest BCUT2D eigenvalue weighted by atomic mass is 9.81. The summed E-state index contributed by atoms with van der Waals surface area (Å²) in [5.74, 6) is -0.443. The Morgan fingerprint density at radius 1 is 0.973 bits per heavy atom. The Balaban J connectivity index is 1.47. The number of carboxylic acid groups (broad SMARTS) is 1. The molecule has 0 atom stereocenters. The van der Waals surface area contributed by atoms with Crippen molar-refractivity contribution in [2.45, 2.75) is 51.1 Å². The lowest BCUT2D eigenvalue weighted by Crippen LogP contribution is -2.44. The molecule has 1 N–H and O–H groups in total. The predicted octanol–water partition coefficient (Wildman–Crippen LogP) is 4.73. The third-order valence-corrected chi connectivity index (χ3v) is 8.43. The first-order valence-corrected chi connectivity index (χ1v) is 13.7. The van der Waals surface area contributed by atoms with Gasteiger partial charge in [0, 0.05) is 43.7 Å². The van der Waals surface area contributed by atoms with Crippen molar-refractivity contribution in [2.75, 3.05) is 39.4 Å². The van der Waals surface area contributed by atoms with Crippen molar-refractivity contribution in [2.24, 2.45) is 0 Å². The van der Waals surface area contributed by atoms with Gasteiger partial charge in [-0.1, -0.05) is 49.6 Å². The second-order valence-electron chi connectivity index (χ2n) is 10.6. The van der Waals surface area contributed by atoms with Crippen molar-refractivity contribution >= 4 is 22.8 Å². The first kappa shape index (κ1) is 24.2. The van der Waals surface area contributed by atoms with Crippen LogP contribution in [0.1, 0.15) is 59.5 Å². The van der Waals surface area contributed by atoms with Crippen molar-refractivity contribution in [1.82, 2.24) is 14.4 Å². The monoisotopic (exact) mass is 501 g/mol. The molecule has 2 aliphatic heterocycles. The van der Waals surface area contributed by atoms with Crippen LogP contribution in [0.5, 0.6) is 0 Å². The number of ether oxygens (including phenoxy) is 1. The number of benzene rings is 2. The Morgan fingerprint density at radius 2 is 1.76 bits per heavy atom. The van der Waals surface area contributed by atoms with Gasteiger partial charge < -0.3 is 19.3 Å². The van der Waals surface area contributed by atoms with E-state index in [9.17, 15) is 14.7 Å². The Hall–Kier alpha value is -3.16. The maximum atomic E-state index is 13.8. The highest BCUT2D eigenvalue weighted by molar-refractivity contribution is 5.99. The number of nitrogens with zero attached hydrogens (tertiary/aromatic N) is 3. The van der Waals surface area contributed by atoms with Gasteiger partial charge in [0.05, 0.1) is 30.0 Å². The molecule has 7 nitrogen and oxygen atoms in total. The van der Waals surface area contributed by atoms with Crippen LogP contribution < -0.4 is 0 Å². The number of hydrogen-bond donors (Lipinski definition) is 1. The maximum Gasteiger partial charge on any atom is 0.335 e. The first-order valence-electron chi connectivity index (χ1n) is 13.7. The number of hydrogen-bond acceptors (Lipinski definition) is 4. The number of carbonyl (C=O) groups is 2. The van der Waals surface area contributed by atoms with Crippen LogP contribution in [0.3, 0.4) is 0 Å². The van der Waals surface area contributed by atoms with E-state index in [4.69, 9.17) is 4.74 Å². The SMILES string of the molecule is O=C(O)c1ccc2c(C3CCCCC3)c3n(c2c1)CC(=O)N(CCN1CCOCC1)Cc1ccccc1-3. The minimum atomic E-state index is -0.943. The summed E-state index contributed by atoms with van der Waals surface area (Å²) in [7, 11) is 0. The summed E-state index contributed by atoms with van der Waals surface area (Å²) in [6, 6.07) is 13.9. The molecular formula is C30H35N3O4. The van der Waals surface area contributed by atoms with Crippen LogP contribution in [0.4, 0.5) is 0 Å². The molecule has 7 heteroatoms. The van der Waals surface area contributed by atoms with Crippen LogP contribution in [0.25, 0.3) is 22.2 Å². The number of amides is 1. The van der Waals surface area contributed by atoms with Crippen molar-refractivity contribution < 1.29 is 19.4 Å². The standard InChI is InChI=1S/C30H35N3O4/c34-27-20-33-26-18-22(30(35)36)10-11-25(26)28(21-6-2-1-3-7-21)29(33)24-9-5-4-8-23(24)19-32(27)13-12-31-14-16-37-17-15-31/h4-5,8-11,18,21H,1-3,6-7,12-17,19-20H2,(H,35,36). The lowest BCUT2D eigenvalue weighted by molar-refractivity contribution is -0.132. The molecule has 0 spiro atoms. The van der Waals surface area contributed by atoms with Crippen LogP contribution in [0, 0.1) is 0 Å². The number of rotatable bonds is 5. The van der Waals surface area contributed by atoms with Crippen LogP contribution >= 0.6 is 0 Å². The lowest BCUT2D eigenvalue weighted by Gasteiger charge is -2.32. The van der Waals surface area contributed by atoms with Gasteiger partial charge in [0.2, 0.25) is 5.91 Å². The van der Waals surface area contributed by atoms with E-state index in [2.05, 4.69) is 33.7 Å². The first-order chi connectivity index (χ1) is 18.1. The van der Waals surface area contributed by atoms with Gasteiger partial charge in [-0.3, -0.25) is 9.69 Å². The molecule has 2 fully saturated rings. The van der Waals surface area contributed by atoms with E-state index in [1.807, 2.05) is 11.0 Å². The molecule has 1 saturated heterocycles. The van der Waals surface area contributed by atoms with Gasteiger partial charge in [-0.15, -0.1) is 0 Å². The van der Waals surface area contributed by atoms with Crippen molar-refractivity contribution in [3.8, 4) is 11.3 Å². The number of morpholine rings is 1. The topological polar surface area (TPSA) is 75.0 Å². The molecule has 6 rings (SSSR count). The average Bonchev–Trinajstić information content (AvgIpc) is 3.24. The smallest absolute Gasteiger partial charge is 0.335 e. The van der Waals surface area contributed by atoms with E-state index in [-0.39, 0.29) is 18.0 Å². The van der Waals surface area contributed by atoms with E-state index in [1.54, 1.807) is 12.1 Å². The molecule has 0 bridgehead atoms. The maximum absolute atomic E-state index is 13.8. The Bertz CT molecular complexity index is 1320. The zero-order chi connectivity index (χ0) is 25.4. The third-order valence-electron chi connectivity index (χ3n) is 8.43. The second kappa shape index (κ2) is 10.3. The Morgan fingerprint density at radius 3 is 2.54 bits per heavy atom. The number of aromatic nitrogens is 1. The summed E-state index contributed by atoms with van der Waals surface area (Å²) >= 11 is 0. The normalized spacial score (nSPS) is 19.4. The summed E-state index contributed by atoms with van der Waals surface area (Å²) in [4.78, 5) is 30.0. The van der Waals surface area contributed by atoms with Gasteiger partial charge in [0.1, 0.15) is 6.54 Å². The fraction of sp³-hybridized carbons (Fsp3) is 0.467. The zero-order valence-electron chi connectivity index (χ0n) is 21.3. The molecule has 37 heavy (non-hydrogen) atoms. The molecule has 3 aliphatic rings. The molecule has 0 radical (unpaired) electrons. The zero-order valence-corrected chi connectivity index (χ0v) is 21.3. The van der Waals surface area contributed by atoms with Gasteiger partial charge in [0.15, 0.2) is 0 Å². The molecule has 3 aromatic rings. The van der Waals surface area contributed by atoms with E-state index < -0.39 is 5.97 Å². The summed E-state index contributed by atoms with van der Waals surface area (Å²) < 4.78 is 7.61. The largest absolute Gasteiger partial charge is 0.478 e. The number of fused-ring (bicyclic) bond motifs is 5. The minimum absolute atomic E-state index is 0.0804. The molecular weight excluding hydrogens is 466 g/mol. The highest BCUT2D eigenvalue weighted by Crippen LogP contribution is 2.45. The molecule has 3 heterocycles. The molecule has 0 unspecified atom stereocenters. The van der Waals surface area contributed by atoms with Crippen LogP contribution in [-0.4, -0.2) is 70.7 Å². The third kappa shape index (κ3) is 4.66. The van der Waals surface area contributed by atoms with E-state index in [1.165, 1.54) is 30.4 Å².